The van der Waals surface area contributed by atoms with E-state index in [1.807, 2.05) is 0 Å². The minimum atomic E-state index is 0.911. The fourth-order valence-corrected chi connectivity index (χ4v) is 5.11. The van der Waals surface area contributed by atoms with E-state index >= 15 is 0 Å². The number of hydrogen-bond acceptors (Lipinski definition) is 1. The molecule has 0 aliphatic carbocycles. The van der Waals surface area contributed by atoms with Crippen molar-refractivity contribution in [2.75, 3.05) is 0 Å². The third-order valence-corrected chi connectivity index (χ3v) is 7.17. The normalized spacial score (nSPS) is 11.4. The van der Waals surface area contributed by atoms with Crippen LogP contribution < -0.4 is 0 Å². The molecule has 0 aliphatic heterocycles. The molecule has 0 saturated carbocycles. The van der Waals surface area contributed by atoms with Crippen molar-refractivity contribution >= 4 is 11.0 Å². The lowest BCUT2D eigenvalue weighted by molar-refractivity contribution is 0.520. The maximum absolute atomic E-state index is 4.96. The Kier molecular flexibility index (Phi) is 12.9. The van der Waals surface area contributed by atoms with Crippen molar-refractivity contribution in [3.05, 3.63) is 66.0 Å². The number of aromatic nitrogens is 2. The number of benzene rings is 2. The molecule has 2 heteroatoms. The van der Waals surface area contributed by atoms with Gasteiger partial charge in [-0.2, -0.15) is 0 Å². The standard InChI is InChI=1S/C32H48N2/c1-2-3-4-5-6-7-8-9-10-11-12-13-14-15-16-22-27-34-31-26-21-20-25-30(31)33-32(34)28-29-23-18-17-19-24-29/h17-21,23-26H,2-16,22,27-28H2,1H3. The fourth-order valence-electron chi connectivity index (χ4n) is 5.11. The minimum absolute atomic E-state index is 0.911. The summed E-state index contributed by atoms with van der Waals surface area (Å²) in [6.07, 6.45) is 23.5. The van der Waals surface area contributed by atoms with Crippen LogP contribution in [0.25, 0.3) is 11.0 Å². The van der Waals surface area contributed by atoms with Gasteiger partial charge in [0.2, 0.25) is 0 Å². The Bertz CT molecular complexity index is 896. The predicted octanol–water partition coefficient (Wildman–Crippen LogP) is 9.89. The maximum Gasteiger partial charge on any atom is 0.114 e. The van der Waals surface area contributed by atoms with Gasteiger partial charge >= 0.3 is 0 Å². The van der Waals surface area contributed by atoms with Gasteiger partial charge in [-0.3, -0.25) is 0 Å². The zero-order valence-electron chi connectivity index (χ0n) is 21.8. The fraction of sp³-hybridized carbons (Fsp3) is 0.594. The van der Waals surface area contributed by atoms with Crippen molar-refractivity contribution in [1.82, 2.24) is 9.55 Å². The first-order valence-corrected chi connectivity index (χ1v) is 14.4. The summed E-state index contributed by atoms with van der Waals surface area (Å²) in [5.41, 5.74) is 3.75. The van der Waals surface area contributed by atoms with Gasteiger partial charge in [0.1, 0.15) is 5.82 Å². The van der Waals surface area contributed by atoms with Crippen LogP contribution in [0.1, 0.15) is 121 Å². The second-order valence-corrected chi connectivity index (χ2v) is 10.1. The van der Waals surface area contributed by atoms with E-state index in [0.717, 1.165) is 18.5 Å². The predicted molar refractivity (Wildman–Crippen MR) is 149 cm³/mol. The van der Waals surface area contributed by atoms with Gasteiger partial charge in [-0.25, -0.2) is 4.98 Å². The van der Waals surface area contributed by atoms with Gasteiger partial charge in [0.25, 0.3) is 0 Å². The lowest BCUT2D eigenvalue weighted by atomic mass is 10.0. The zero-order valence-corrected chi connectivity index (χ0v) is 21.8. The lowest BCUT2D eigenvalue weighted by Crippen LogP contribution is -2.05. The number of fused-ring (bicyclic) bond motifs is 1. The van der Waals surface area contributed by atoms with Gasteiger partial charge in [0, 0.05) is 13.0 Å². The molecule has 0 spiro atoms. The average molecular weight is 461 g/mol. The third kappa shape index (κ3) is 9.65. The van der Waals surface area contributed by atoms with Crippen LogP contribution >= 0.6 is 0 Å². The zero-order chi connectivity index (χ0) is 23.7. The van der Waals surface area contributed by atoms with E-state index in [1.54, 1.807) is 0 Å². The smallest absolute Gasteiger partial charge is 0.114 e. The Balaban J connectivity index is 1.26. The Morgan fingerprint density at radius 2 is 1.06 bits per heavy atom. The molecule has 186 valence electrons. The summed E-state index contributed by atoms with van der Waals surface area (Å²) < 4.78 is 2.46. The first-order chi connectivity index (χ1) is 16.9. The molecule has 2 nitrogen and oxygen atoms in total. The molecule has 34 heavy (non-hydrogen) atoms. The Labute approximate surface area is 209 Å². The highest BCUT2D eigenvalue weighted by Crippen LogP contribution is 2.20. The molecule has 3 aromatic rings. The second-order valence-electron chi connectivity index (χ2n) is 10.1. The van der Waals surface area contributed by atoms with E-state index in [4.69, 9.17) is 4.98 Å². The van der Waals surface area contributed by atoms with Gasteiger partial charge in [-0.05, 0) is 24.1 Å². The number of aryl methyl sites for hydroxylation is 1. The minimum Gasteiger partial charge on any atom is -0.328 e. The molecule has 1 heterocycles. The summed E-state index contributed by atoms with van der Waals surface area (Å²) in [6, 6.07) is 19.4. The van der Waals surface area contributed by atoms with Crippen LogP contribution in [0.3, 0.4) is 0 Å². The molecule has 1 aromatic heterocycles. The summed E-state index contributed by atoms with van der Waals surface area (Å²) in [6.45, 7) is 3.38. The molecule has 0 bridgehead atoms. The van der Waals surface area contributed by atoms with Gasteiger partial charge in [0.15, 0.2) is 0 Å². The van der Waals surface area contributed by atoms with Gasteiger partial charge < -0.3 is 4.57 Å². The first kappa shape index (κ1) is 26.5. The highest BCUT2D eigenvalue weighted by molar-refractivity contribution is 5.76. The highest BCUT2D eigenvalue weighted by Gasteiger charge is 2.10. The summed E-state index contributed by atoms with van der Waals surface area (Å²) in [4.78, 5) is 4.96. The van der Waals surface area contributed by atoms with Crippen molar-refractivity contribution in [1.29, 1.82) is 0 Å². The monoisotopic (exact) mass is 460 g/mol. The van der Waals surface area contributed by atoms with Crippen molar-refractivity contribution in [2.45, 2.75) is 123 Å². The topological polar surface area (TPSA) is 17.8 Å². The van der Waals surface area contributed by atoms with E-state index in [-0.39, 0.29) is 0 Å². The molecule has 0 N–H and O–H groups in total. The van der Waals surface area contributed by atoms with E-state index < -0.39 is 0 Å². The quantitative estimate of drug-likeness (QED) is 0.163. The SMILES string of the molecule is CCCCCCCCCCCCCCCCCCn1c(Cc2ccccc2)nc2ccccc21. The number of rotatable bonds is 19. The molecule has 0 amide bonds. The van der Waals surface area contributed by atoms with Gasteiger partial charge in [-0.1, -0.05) is 146 Å². The molecule has 0 fully saturated rings. The highest BCUT2D eigenvalue weighted by atomic mass is 15.1. The lowest BCUT2D eigenvalue weighted by Gasteiger charge is -2.10. The van der Waals surface area contributed by atoms with Crippen molar-refractivity contribution in [3.63, 3.8) is 0 Å². The van der Waals surface area contributed by atoms with Gasteiger partial charge in [0.05, 0.1) is 11.0 Å². The van der Waals surface area contributed by atoms with Crippen molar-refractivity contribution in [3.8, 4) is 0 Å². The first-order valence-electron chi connectivity index (χ1n) is 14.4. The molecule has 0 radical (unpaired) electrons. The van der Waals surface area contributed by atoms with Crippen LogP contribution in [0, 0.1) is 0 Å². The Morgan fingerprint density at radius 1 is 0.559 bits per heavy atom. The van der Waals surface area contributed by atoms with Crippen LogP contribution in [-0.4, -0.2) is 9.55 Å². The number of para-hydroxylation sites is 2. The molecule has 0 atom stereocenters. The van der Waals surface area contributed by atoms with Crippen LogP contribution in [0.2, 0.25) is 0 Å². The van der Waals surface area contributed by atoms with Crippen LogP contribution in [0.15, 0.2) is 54.6 Å². The van der Waals surface area contributed by atoms with E-state index in [0.29, 0.717) is 0 Å². The number of hydrogen-bond donors (Lipinski definition) is 0. The van der Waals surface area contributed by atoms with Gasteiger partial charge in [-0.15, -0.1) is 0 Å². The molecule has 3 rings (SSSR count). The molecular weight excluding hydrogens is 412 g/mol. The molecule has 0 saturated heterocycles. The summed E-state index contributed by atoms with van der Waals surface area (Å²) >= 11 is 0. The van der Waals surface area contributed by atoms with E-state index in [2.05, 4.69) is 66.1 Å². The third-order valence-electron chi connectivity index (χ3n) is 7.17. The molecule has 0 aliphatic rings. The average Bonchev–Trinajstić information content (AvgIpc) is 3.21. The van der Waals surface area contributed by atoms with Crippen LogP contribution in [0.4, 0.5) is 0 Å². The number of imidazole rings is 1. The molecule has 2 aromatic carbocycles. The Morgan fingerprint density at radius 3 is 1.65 bits per heavy atom. The van der Waals surface area contributed by atoms with E-state index in [9.17, 15) is 0 Å². The Hall–Kier alpha value is -2.09. The number of nitrogens with zero attached hydrogens (tertiary/aromatic N) is 2. The number of unbranched alkanes of at least 4 members (excludes halogenated alkanes) is 15. The molecule has 0 unspecified atom stereocenters. The summed E-state index contributed by atoms with van der Waals surface area (Å²) in [5.74, 6) is 1.20. The van der Waals surface area contributed by atoms with Crippen LogP contribution in [-0.2, 0) is 13.0 Å². The largest absolute Gasteiger partial charge is 0.328 e. The second kappa shape index (κ2) is 16.5. The summed E-state index contributed by atoms with van der Waals surface area (Å²) in [7, 11) is 0. The van der Waals surface area contributed by atoms with Crippen LogP contribution in [0.5, 0.6) is 0 Å². The van der Waals surface area contributed by atoms with Crippen molar-refractivity contribution < 1.29 is 0 Å². The van der Waals surface area contributed by atoms with Crippen molar-refractivity contribution in [2.24, 2.45) is 0 Å². The summed E-state index contributed by atoms with van der Waals surface area (Å²) in [5, 5.41) is 0. The maximum atomic E-state index is 4.96. The van der Waals surface area contributed by atoms with E-state index in [1.165, 1.54) is 120 Å². The molecular formula is C32H48N2.